The summed E-state index contributed by atoms with van der Waals surface area (Å²) in [6.07, 6.45) is 1.14. The Kier molecular flexibility index (Phi) is 6.53. The minimum atomic E-state index is -0.400. The largest absolute Gasteiger partial charge is 0.341 e. The van der Waals surface area contributed by atoms with Crippen LogP contribution in [0.5, 0.6) is 0 Å². The average molecular weight is 349 g/mol. The van der Waals surface area contributed by atoms with E-state index in [0.717, 1.165) is 19.5 Å². The maximum Gasteiger partial charge on any atom is 0.239 e. The third-order valence-corrected chi connectivity index (χ3v) is 4.70. The van der Waals surface area contributed by atoms with E-state index in [0.29, 0.717) is 17.5 Å². The summed E-state index contributed by atoms with van der Waals surface area (Å²) in [6.45, 7) is 7.77. The minimum absolute atomic E-state index is 0.0551. The molecule has 0 aromatic heterocycles. The molecular formula is C19H28FN3O2. The van der Waals surface area contributed by atoms with Gasteiger partial charge in [-0.2, -0.15) is 0 Å². The van der Waals surface area contributed by atoms with E-state index < -0.39 is 5.82 Å². The highest BCUT2D eigenvalue weighted by Crippen LogP contribution is 2.22. The first kappa shape index (κ1) is 19.4. The lowest BCUT2D eigenvalue weighted by atomic mass is 9.91. The normalized spacial score (nSPS) is 21.9. The number of benzene rings is 1. The maximum atomic E-state index is 13.2. The quantitative estimate of drug-likeness (QED) is 0.889. The summed E-state index contributed by atoms with van der Waals surface area (Å²) in [5.74, 6) is 0.388. The molecule has 0 spiro atoms. The molecule has 1 aliphatic heterocycles. The Morgan fingerprint density at radius 3 is 2.56 bits per heavy atom. The monoisotopic (exact) mass is 349 g/mol. The van der Waals surface area contributed by atoms with Gasteiger partial charge in [-0.05, 0) is 50.4 Å². The standard InChI is InChI=1S/C19H28FN3O2/c1-13-8-14(2)11-23(10-13)19(25)15(3)22(4)12-18(24)21-17-7-5-6-16(20)9-17/h5-7,9,13-15H,8,10-12H2,1-4H3,(H,21,24)/t13-,14-,15+/m0/s1. The summed E-state index contributed by atoms with van der Waals surface area (Å²) in [4.78, 5) is 28.5. The topological polar surface area (TPSA) is 52.7 Å². The zero-order chi connectivity index (χ0) is 18.6. The van der Waals surface area contributed by atoms with Crippen molar-refractivity contribution in [2.45, 2.75) is 33.2 Å². The van der Waals surface area contributed by atoms with E-state index in [1.54, 1.807) is 24.1 Å². The highest BCUT2D eigenvalue weighted by atomic mass is 19.1. The van der Waals surface area contributed by atoms with Gasteiger partial charge >= 0.3 is 0 Å². The molecule has 2 amide bonds. The highest BCUT2D eigenvalue weighted by Gasteiger charge is 2.30. The van der Waals surface area contributed by atoms with E-state index in [-0.39, 0.29) is 24.4 Å². The van der Waals surface area contributed by atoms with Gasteiger partial charge in [0.25, 0.3) is 0 Å². The lowest BCUT2D eigenvalue weighted by Gasteiger charge is -2.38. The fraction of sp³-hybridized carbons (Fsp3) is 0.579. The number of likely N-dealkylation sites (N-methyl/N-ethyl adjacent to an activating group) is 1. The second kappa shape index (κ2) is 8.43. The molecule has 1 aromatic rings. The van der Waals surface area contributed by atoms with E-state index in [4.69, 9.17) is 0 Å². The number of halogens is 1. The molecule has 138 valence electrons. The molecule has 0 radical (unpaired) electrons. The van der Waals surface area contributed by atoms with Crippen molar-refractivity contribution in [2.75, 3.05) is 32.0 Å². The van der Waals surface area contributed by atoms with Crippen LogP contribution in [0.1, 0.15) is 27.2 Å². The van der Waals surface area contributed by atoms with Crippen molar-refractivity contribution in [3.63, 3.8) is 0 Å². The predicted molar refractivity (Wildman–Crippen MR) is 96.6 cm³/mol. The van der Waals surface area contributed by atoms with Crippen LogP contribution in [0.4, 0.5) is 10.1 Å². The van der Waals surface area contributed by atoms with Crippen LogP contribution < -0.4 is 5.32 Å². The molecule has 6 heteroatoms. The highest BCUT2D eigenvalue weighted by molar-refractivity contribution is 5.92. The molecule has 0 unspecified atom stereocenters. The fourth-order valence-corrected chi connectivity index (χ4v) is 3.43. The number of amides is 2. The molecule has 25 heavy (non-hydrogen) atoms. The number of piperidine rings is 1. The van der Waals surface area contributed by atoms with E-state index >= 15 is 0 Å². The summed E-state index contributed by atoms with van der Waals surface area (Å²) in [5, 5.41) is 2.66. The molecule has 0 aliphatic carbocycles. The number of rotatable bonds is 5. The summed E-state index contributed by atoms with van der Waals surface area (Å²) in [5.41, 5.74) is 0.413. The van der Waals surface area contributed by atoms with Crippen LogP contribution in [0.3, 0.4) is 0 Å². The van der Waals surface area contributed by atoms with E-state index in [1.165, 1.54) is 12.1 Å². The summed E-state index contributed by atoms with van der Waals surface area (Å²) in [7, 11) is 1.75. The van der Waals surface area contributed by atoms with Crippen molar-refractivity contribution >= 4 is 17.5 Å². The average Bonchev–Trinajstić information content (AvgIpc) is 2.52. The van der Waals surface area contributed by atoms with Crippen molar-refractivity contribution in [3.8, 4) is 0 Å². The molecule has 1 saturated heterocycles. The van der Waals surface area contributed by atoms with Crippen LogP contribution >= 0.6 is 0 Å². The second-order valence-electron chi connectivity index (χ2n) is 7.34. The van der Waals surface area contributed by atoms with Crippen LogP contribution in [-0.4, -0.2) is 54.3 Å². The number of carbonyl (C=O) groups excluding carboxylic acids is 2. The lowest BCUT2D eigenvalue weighted by Crippen LogP contribution is -2.51. The summed E-state index contributed by atoms with van der Waals surface area (Å²) >= 11 is 0. The van der Waals surface area contributed by atoms with Gasteiger partial charge in [-0.25, -0.2) is 4.39 Å². The van der Waals surface area contributed by atoms with Crippen LogP contribution in [0.2, 0.25) is 0 Å². The van der Waals surface area contributed by atoms with Crippen LogP contribution in [0.25, 0.3) is 0 Å². The summed E-state index contributed by atoms with van der Waals surface area (Å²) < 4.78 is 13.2. The molecule has 1 fully saturated rings. The van der Waals surface area contributed by atoms with Crippen molar-refractivity contribution in [2.24, 2.45) is 11.8 Å². The first-order chi connectivity index (χ1) is 11.8. The van der Waals surface area contributed by atoms with Crippen molar-refractivity contribution in [1.82, 2.24) is 9.80 Å². The molecule has 0 bridgehead atoms. The van der Waals surface area contributed by atoms with Crippen molar-refractivity contribution in [1.29, 1.82) is 0 Å². The molecule has 2 rings (SSSR count). The van der Waals surface area contributed by atoms with Crippen LogP contribution in [0, 0.1) is 17.7 Å². The van der Waals surface area contributed by atoms with Gasteiger partial charge in [0.1, 0.15) is 5.82 Å². The van der Waals surface area contributed by atoms with Gasteiger partial charge in [-0.1, -0.05) is 19.9 Å². The zero-order valence-corrected chi connectivity index (χ0v) is 15.5. The Bertz CT molecular complexity index is 612. The van der Waals surface area contributed by atoms with Gasteiger partial charge in [0.05, 0.1) is 12.6 Å². The van der Waals surface area contributed by atoms with Gasteiger partial charge in [0.15, 0.2) is 0 Å². The van der Waals surface area contributed by atoms with E-state index in [1.807, 2.05) is 11.8 Å². The number of carbonyl (C=O) groups is 2. The number of nitrogens with one attached hydrogen (secondary N) is 1. The van der Waals surface area contributed by atoms with Gasteiger partial charge in [0, 0.05) is 18.8 Å². The fourth-order valence-electron chi connectivity index (χ4n) is 3.43. The number of anilines is 1. The number of hydrogen-bond acceptors (Lipinski definition) is 3. The molecule has 1 heterocycles. The van der Waals surface area contributed by atoms with Crippen LogP contribution in [0.15, 0.2) is 24.3 Å². The molecule has 3 atom stereocenters. The Morgan fingerprint density at radius 1 is 1.32 bits per heavy atom. The first-order valence-electron chi connectivity index (χ1n) is 8.80. The number of likely N-dealkylation sites (tertiary alicyclic amines) is 1. The number of hydrogen-bond donors (Lipinski definition) is 1. The van der Waals surface area contributed by atoms with Gasteiger partial charge in [-0.15, -0.1) is 0 Å². The first-order valence-corrected chi connectivity index (χ1v) is 8.80. The van der Waals surface area contributed by atoms with Crippen LogP contribution in [-0.2, 0) is 9.59 Å². The number of nitrogens with zero attached hydrogens (tertiary/aromatic N) is 2. The molecule has 1 N–H and O–H groups in total. The zero-order valence-electron chi connectivity index (χ0n) is 15.5. The third-order valence-electron chi connectivity index (χ3n) is 4.70. The van der Waals surface area contributed by atoms with Crippen molar-refractivity contribution in [3.05, 3.63) is 30.1 Å². The Morgan fingerprint density at radius 2 is 1.96 bits per heavy atom. The van der Waals surface area contributed by atoms with E-state index in [2.05, 4.69) is 19.2 Å². The molecule has 0 saturated carbocycles. The molecular weight excluding hydrogens is 321 g/mol. The Hall–Kier alpha value is -1.95. The molecule has 1 aliphatic rings. The van der Waals surface area contributed by atoms with Gasteiger partial charge < -0.3 is 10.2 Å². The van der Waals surface area contributed by atoms with E-state index in [9.17, 15) is 14.0 Å². The summed E-state index contributed by atoms with van der Waals surface area (Å²) in [6, 6.07) is 5.38. The van der Waals surface area contributed by atoms with Crippen molar-refractivity contribution < 1.29 is 14.0 Å². The molecule has 5 nitrogen and oxygen atoms in total. The van der Waals surface area contributed by atoms with Gasteiger partial charge in [-0.3, -0.25) is 14.5 Å². The SMILES string of the molecule is C[C@H]1C[C@H](C)CN(C(=O)[C@@H](C)N(C)CC(=O)Nc2cccc(F)c2)C1. The lowest BCUT2D eigenvalue weighted by molar-refractivity contribution is -0.139. The molecule has 1 aromatic carbocycles. The Balaban J connectivity index is 1.89. The maximum absolute atomic E-state index is 13.2. The minimum Gasteiger partial charge on any atom is -0.341 e. The van der Waals surface area contributed by atoms with Gasteiger partial charge in [0.2, 0.25) is 11.8 Å². The Labute approximate surface area is 149 Å². The smallest absolute Gasteiger partial charge is 0.239 e. The predicted octanol–water partition coefficient (Wildman–Crippen LogP) is 2.59. The third kappa shape index (κ3) is 5.53. The second-order valence-corrected chi connectivity index (χ2v) is 7.34.